The standard InChI is InChI=1S/C16H24ClNO3/c1-3-6-18-11-12-9-13(17)10-15(19-2)16(12)21-14-4-7-20-8-5-14/h9-10,14,18H,3-8,11H2,1-2H3. The van der Waals surface area contributed by atoms with Crippen LogP contribution in [-0.2, 0) is 11.3 Å². The first-order valence-corrected chi connectivity index (χ1v) is 7.94. The van der Waals surface area contributed by atoms with E-state index in [0.717, 1.165) is 56.9 Å². The monoisotopic (exact) mass is 313 g/mol. The topological polar surface area (TPSA) is 39.7 Å². The fourth-order valence-corrected chi connectivity index (χ4v) is 2.63. The van der Waals surface area contributed by atoms with E-state index in [1.165, 1.54) is 0 Å². The Morgan fingerprint density at radius 2 is 2.10 bits per heavy atom. The number of hydrogen-bond acceptors (Lipinski definition) is 4. The highest BCUT2D eigenvalue weighted by molar-refractivity contribution is 6.30. The molecule has 1 saturated heterocycles. The van der Waals surface area contributed by atoms with Crippen LogP contribution in [0.5, 0.6) is 11.5 Å². The average molecular weight is 314 g/mol. The summed E-state index contributed by atoms with van der Waals surface area (Å²) in [7, 11) is 1.64. The number of rotatable bonds is 7. The molecule has 0 spiro atoms. The normalized spacial score (nSPS) is 16.0. The van der Waals surface area contributed by atoms with E-state index in [9.17, 15) is 0 Å². The molecule has 1 heterocycles. The maximum absolute atomic E-state index is 6.19. The molecule has 0 atom stereocenters. The largest absolute Gasteiger partial charge is 0.493 e. The molecule has 0 radical (unpaired) electrons. The van der Waals surface area contributed by atoms with Crippen molar-refractivity contribution >= 4 is 11.6 Å². The van der Waals surface area contributed by atoms with Crippen LogP contribution in [0.1, 0.15) is 31.7 Å². The van der Waals surface area contributed by atoms with Crippen molar-refractivity contribution < 1.29 is 14.2 Å². The zero-order valence-corrected chi connectivity index (χ0v) is 13.5. The van der Waals surface area contributed by atoms with Gasteiger partial charge in [0.05, 0.1) is 20.3 Å². The van der Waals surface area contributed by atoms with E-state index in [0.29, 0.717) is 10.8 Å². The molecule has 0 aliphatic carbocycles. The molecule has 0 amide bonds. The second-order valence-electron chi connectivity index (χ2n) is 5.20. The maximum atomic E-state index is 6.19. The Balaban J connectivity index is 2.17. The van der Waals surface area contributed by atoms with Gasteiger partial charge in [-0.2, -0.15) is 0 Å². The van der Waals surface area contributed by atoms with Crippen LogP contribution in [0.3, 0.4) is 0 Å². The summed E-state index contributed by atoms with van der Waals surface area (Å²) in [5.41, 5.74) is 1.04. The molecule has 2 rings (SSSR count). The highest BCUT2D eigenvalue weighted by Gasteiger charge is 2.20. The second-order valence-corrected chi connectivity index (χ2v) is 5.64. The molecular weight excluding hydrogens is 290 g/mol. The predicted octanol–water partition coefficient (Wildman–Crippen LogP) is 3.41. The summed E-state index contributed by atoms with van der Waals surface area (Å²) in [6, 6.07) is 3.75. The van der Waals surface area contributed by atoms with E-state index in [1.807, 2.05) is 6.07 Å². The smallest absolute Gasteiger partial charge is 0.166 e. The summed E-state index contributed by atoms with van der Waals surface area (Å²) in [5.74, 6) is 1.50. The van der Waals surface area contributed by atoms with Crippen molar-refractivity contribution in [2.24, 2.45) is 0 Å². The summed E-state index contributed by atoms with van der Waals surface area (Å²) in [6.45, 7) is 5.34. The fraction of sp³-hybridized carbons (Fsp3) is 0.625. The first kappa shape index (κ1) is 16.4. The van der Waals surface area contributed by atoms with E-state index in [1.54, 1.807) is 13.2 Å². The molecule has 0 saturated carbocycles. The molecule has 5 heteroatoms. The molecule has 21 heavy (non-hydrogen) atoms. The van der Waals surface area contributed by atoms with Gasteiger partial charge in [-0.15, -0.1) is 0 Å². The van der Waals surface area contributed by atoms with Crippen molar-refractivity contribution in [1.29, 1.82) is 0 Å². The third-order valence-electron chi connectivity index (χ3n) is 3.51. The van der Waals surface area contributed by atoms with Gasteiger partial charge in [-0.1, -0.05) is 18.5 Å². The molecule has 0 aromatic heterocycles. The lowest BCUT2D eigenvalue weighted by molar-refractivity contribution is 0.0241. The summed E-state index contributed by atoms with van der Waals surface area (Å²) in [6.07, 6.45) is 3.09. The Labute approximate surface area is 131 Å². The van der Waals surface area contributed by atoms with E-state index in [-0.39, 0.29) is 6.10 Å². The average Bonchev–Trinajstić information content (AvgIpc) is 2.50. The Hall–Kier alpha value is -0.970. The van der Waals surface area contributed by atoms with Gasteiger partial charge in [-0.05, 0) is 19.0 Å². The lowest BCUT2D eigenvalue weighted by Crippen LogP contribution is -2.27. The van der Waals surface area contributed by atoms with Crippen LogP contribution in [-0.4, -0.2) is 33.0 Å². The van der Waals surface area contributed by atoms with Crippen molar-refractivity contribution in [2.75, 3.05) is 26.9 Å². The molecule has 1 fully saturated rings. The number of methoxy groups -OCH3 is 1. The fourth-order valence-electron chi connectivity index (χ4n) is 2.40. The van der Waals surface area contributed by atoms with E-state index in [2.05, 4.69) is 12.2 Å². The van der Waals surface area contributed by atoms with Crippen LogP contribution < -0.4 is 14.8 Å². The Morgan fingerprint density at radius 1 is 1.33 bits per heavy atom. The van der Waals surface area contributed by atoms with Crippen molar-refractivity contribution in [3.63, 3.8) is 0 Å². The van der Waals surface area contributed by atoms with Crippen molar-refractivity contribution in [3.05, 3.63) is 22.7 Å². The summed E-state index contributed by atoms with van der Waals surface area (Å²) >= 11 is 6.17. The number of halogens is 1. The molecule has 118 valence electrons. The molecular formula is C16H24ClNO3. The van der Waals surface area contributed by atoms with Crippen molar-refractivity contribution in [2.45, 2.75) is 38.8 Å². The van der Waals surface area contributed by atoms with E-state index >= 15 is 0 Å². The molecule has 0 unspecified atom stereocenters. The van der Waals surface area contributed by atoms with E-state index in [4.69, 9.17) is 25.8 Å². The van der Waals surface area contributed by atoms with Gasteiger partial charge in [0, 0.05) is 36.0 Å². The summed E-state index contributed by atoms with van der Waals surface area (Å²) in [5, 5.41) is 4.05. The minimum atomic E-state index is 0.179. The van der Waals surface area contributed by atoms with Crippen LogP contribution in [0.15, 0.2) is 12.1 Å². The quantitative estimate of drug-likeness (QED) is 0.783. The molecule has 1 N–H and O–H groups in total. The van der Waals surface area contributed by atoms with Crippen LogP contribution in [0.2, 0.25) is 5.02 Å². The minimum absolute atomic E-state index is 0.179. The maximum Gasteiger partial charge on any atom is 0.166 e. The lowest BCUT2D eigenvalue weighted by atomic mass is 10.1. The van der Waals surface area contributed by atoms with Crippen LogP contribution >= 0.6 is 11.6 Å². The summed E-state index contributed by atoms with van der Waals surface area (Å²) in [4.78, 5) is 0. The van der Waals surface area contributed by atoms with Crippen molar-refractivity contribution in [1.82, 2.24) is 5.32 Å². The Kier molecular flexibility index (Phi) is 6.61. The Morgan fingerprint density at radius 3 is 2.76 bits per heavy atom. The van der Waals surface area contributed by atoms with Gasteiger partial charge in [-0.25, -0.2) is 0 Å². The number of ether oxygens (including phenoxy) is 3. The van der Waals surface area contributed by atoms with Crippen molar-refractivity contribution in [3.8, 4) is 11.5 Å². The molecule has 1 aliphatic heterocycles. The van der Waals surface area contributed by atoms with Gasteiger partial charge in [0.15, 0.2) is 11.5 Å². The first-order chi connectivity index (χ1) is 10.2. The highest BCUT2D eigenvalue weighted by atomic mass is 35.5. The van der Waals surface area contributed by atoms with Gasteiger partial charge in [-0.3, -0.25) is 0 Å². The number of benzene rings is 1. The zero-order chi connectivity index (χ0) is 15.1. The molecule has 1 aliphatic rings. The van der Waals surface area contributed by atoms with Crippen LogP contribution in [0.25, 0.3) is 0 Å². The summed E-state index contributed by atoms with van der Waals surface area (Å²) < 4.78 is 17.0. The molecule has 0 bridgehead atoms. The molecule has 1 aromatic rings. The van der Waals surface area contributed by atoms with Gasteiger partial charge < -0.3 is 19.5 Å². The van der Waals surface area contributed by atoms with Crippen LogP contribution in [0.4, 0.5) is 0 Å². The highest BCUT2D eigenvalue weighted by Crippen LogP contribution is 2.36. The third-order valence-corrected chi connectivity index (χ3v) is 3.73. The third kappa shape index (κ3) is 4.77. The number of hydrogen-bond donors (Lipinski definition) is 1. The van der Waals surface area contributed by atoms with E-state index < -0.39 is 0 Å². The minimum Gasteiger partial charge on any atom is -0.493 e. The number of nitrogens with one attached hydrogen (secondary N) is 1. The van der Waals surface area contributed by atoms with Crippen LogP contribution in [0, 0.1) is 0 Å². The van der Waals surface area contributed by atoms with Gasteiger partial charge in [0.2, 0.25) is 0 Å². The second kappa shape index (κ2) is 8.47. The SMILES string of the molecule is CCCNCc1cc(Cl)cc(OC)c1OC1CCOCC1. The predicted molar refractivity (Wildman–Crippen MR) is 84.5 cm³/mol. The first-order valence-electron chi connectivity index (χ1n) is 7.56. The molecule has 1 aromatic carbocycles. The lowest BCUT2D eigenvalue weighted by Gasteiger charge is -2.26. The van der Waals surface area contributed by atoms with Gasteiger partial charge >= 0.3 is 0 Å². The van der Waals surface area contributed by atoms with Gasteiger partial charge in [0.1, 0.15) is 6.10 Å². The molecule has 4 nitrogen and oxygen atoms in total. The zero-order valence-electron chi connectivity index (χ0n) is 12.8. The van der Waals surface area contributed by atoms with Gasteiger partial charge in [0.25, 0.3) is 0 Å². The Bertz CT molecular complexity index is 447.